The standard InChI is InChI=1S/C26H32N2O3/c1-15(21-14-27-22-4-2-3-20(25(21)22)17-5-6-17)7-23(29)28-18-8-16-9-19(28)12-26(10-16,11-18)13-24(30)31/h2-4,14-19,27H,5-13H2,1H3,(H,30,31). The molecule has 5 nitrogen and oxygen atoms in total. The molecular formula is C26H32N2O3. The minimum Gasteiger partial charge on any atom is -0.481 e. The van der Waals surface area contributed by atoms with Gasteiger partial charge in [0.15, 0.2) is 0 Å². The second kappa shape index (κ2) is 6.85. The van der Waals surface area contributed by atoms with E-state index in [2.05, 4.69) is 41.2 Å². The highest BCUT2D eigenvalue weighted by molar-refractivity contribution is 5.89. The van der Waals surface area contributed by atoms with Crippen LogP contribution >= 0.6 is 0 Å². The highest BCUT2D eigenvalue weighted by Gasteiger charge is 2.56. The molecule has 5 heteroatoms. The van der Waals surface area contributed by atoms with E-state index in [-0.39, 0.29) is 35.7 Å². The highest BCUT2D eigenvalue weighted by Crippen LogP contribution is 2.58. The Morgan fingerprint density at radius 2 is 1.94 bits per heavy atom. The Hall–Kier alpha value is -2.30. The molecule has 3 aliphatic carbocycles. The first-order chi connectivity index (χ1) is 14.9. The van der Waals surface area contributed by atoms with Crippen molar-refractivity contribution in [3.63, 3.8) is 0 Å². The third-order valence-corrected chi connectivity index (χ3v) is 8.67. The Kier molecular flexibility index (Phi) is 4.28. The van der Waals surface area contributed by atoms with Crippen molar-refractivity contribution in [2.24, 2.45) is 11.3 Å². The van der Waals surface area contributed by atoms with Crippen molar-refractivity contribution in [3.8, 4) is 0 Å². The van der Waals surface area contributed by atoms with Gasteiger partial charge in [0.25, 0.3) is 0 Å². The van der Waals surface area contributed by atoms with Gasteiger partial charge in [0.05, 0.1) is 6.42 Å². The van der Waals surface area contributed by atoms with Crippen molar-refractivity contribution in [1.29, 1.82) is 0 Å². The molecule has 3 saturated carbocycles. The zero-order valence-corrected chi connectivity index (χ0v) is 18.3. The maximum absolute atomic E-state index is 13.5. The minimum absolute atomic E-state index is 0.0687. The summed E-state index contributed by atoms with van der Waals surface area (Å²) in [6, 6.07) is 7.03. The molecule has 164 valence electrons. The SMILES string of the molecule is CC(CC(=O)N1C2CC3CC1CC(CC(=O)O)(C3)C2)c1c[nH]c2cccc(C3CC3)c12. The zero-order chi connectivity index (χ0) is 21.3. The summed E-state index contributed by atoms with van der Waals surface area (Å²) in [4.78, 5) is 30.6. The maximum Gasteiger partial charge on any atom is 0.303 e. The number of aromatic amines is 1. The Labute approximate surface area is 183 Å². The number of hydrogen-bond donors (Lipinski definition) is 2. The molecule has 2 aliphatic heterocycles. The predicted octanol–water partition coefficient (Wildman–Crippen LogP) is 5.17. The average molecular weight is 421 g/mol. The third-order valence-electron chi connectivity index (χ3n) is 8.67. The van der Waals surface area contributed by atoms with Crippen molar-refractivity contribution in [2.45, 2.75) is 88.6 Å². The fraction of sp³-hybridized carbons (Fsp3) is 0.615. The van der Waals surface area contributed by atoms with Crippen LogP contribution in [-0.4, -0.2) is 39.0 Å². The van der Waals surface area contributed by atoms with Crippen LogP contribution in [0.25, 0.3) is 10.9 Å². The van der Waals surface area contributed by atoms with Gasteiger partial charge in [0, 0.05) is 35.6 Å². The first-order valence-corrected chi connectivity index (χ1v) is 12.1. The van der Waals surface area contributed by atoms with E-state index in [0.29, 0.717) is 18.3 Å². The van der Waals surface area contributed by atoms with Crippen LogP contribution < -0.4 is 0 Å². The smallest absolute Gasteiger partial charge is 0.303 e. The zero-order valence-electron chi connectivity index (χ0n) is 18.3. The number of carboxylic acid groups (broad SMARTS) is 1. The van der Waals surface area contributed by atoms with Crippen LogP contribution in [0, 0.1) is 11.3 Å². The largest absolute Gasteiger partial charge is 0.481 e. The lowest BCUT2D eigenvalue weighted by Crippen LogP contribution is -2.63. The van der Waals surface area contributed by atoms with Gasteiger partial charge in [-0.3, -0.25) is 9.59 Å². The summed E-state index contributed by atoms with van der Waals surface area (Å²) >= 11 is 0. The molecule has 31 heavy (non-hydrogen) atoms. The van der Waals surface area contributed by atoms with E-state index in [9.17, 15) is 14.7 Å². The van der Waals surface area contributed by atoms with Crippen molar-refractivity contribution in [1.82, 2.24) is 9.88 Å². The summed E-state index contributed by atoms with van der Waals surface area (Å²) in [5.41, 5.74) is 3.84. The molecule has 3 heterocycles. The Morgan fingerprint density at radius 3 is 2.61 bits per heavy atom. The van der Waals surface area contributed by atoms with Crippen LogP contribution in [0.1, 0.15) is 87.7 Å². The van der Waals surface area contributed by atoms with Crippen molar-refractivity contribution < 1.29 is 14.7 Å². The second-order valence-electron chi connectivity index (χ2n) is 11.0. The van der Waals surface area contributed by atoms with Crippen LogP contribution in [0.5, 0.6) is 0 Å². The number of carbonyl (C=O) groups is 2. The molecule has 0 radical (unpaired) electrons. The number of fused-ring (bicyclic) bond motifs is 1. The van der Waals surface area contributed by atoms with Crippen molar-refractivity contribution >= 4 is 22.8 Å². The number of aromatic nitrogens is 1. The Morgan fingerprint density at radius 1 is 1.19 bits per heavy atom. The molecule has 1 amide bonds. The number of amides is 1. The van der Waals surface area contributed by atoms with Crippen LogP contribution in [0.15, 0.2) is 24.4 Å². The average Bonchev–Trinajstić information content (AvgIpc) is 3.43. The molecule has 1 aromatic carbocycles. The number of benzene rings is 1. The van der Waals surface area contributed by atoms with Gasteiger partial charge in [-0.2, -0.15) is 0 Å². The predicted molar refractivity (Wildman–Crippen MR) is 119 cm³/mol. The van der Waals surface area contributed by atoms with E-state index in [1.54, 1.807) is 0 Å². The van der Waals surface area contributed by atoms with E-state index in [1.807, 2.05) is 0 Å². The number of nitrogens with zero attached hydrogens (tertiary/aromatic N) is 1. The molecule has 3 unspecified atom stereocenters. The van der Waals surface area contributed by atoms with Gasteiger partial charge < -0.3 is 15.0 Å². The van der Waals surface area contributed by atoms with Gasteiger partial charge in [0.2, 0.25) is 5.91 Å². The quantitative estimate of drug-likeness (QED) is 0.677. The molecular weight excluding hydrogens is 388 g/mol. The molecule has 2 saturated heterocycles. The summed E-state index contributed by atoms with van der Waals surface area (Å²) in [5, 5.41) is 10.8. The van der Waals surface area contributed by atoms with Gasteiger partial charge in [-0.1, -0.05) is 19.1 Å². The monoisotopic (exact) mass is 420 g/mol. The number of carboxylic acids is 1. The molecule has 5 aliphatic rings. The van der Waals surface area contributed by atoms with Crippen LogP contribution in [0.2, 0.25) is 0 Å². The summed E-state index contributed by atoms with van der Waals surface area (Å²) < 4.78 is 0. The number of nitrogens with one attached hydrogen (secondary N) is 1. The summed E-state index contributed by atoms with van der Waals surface area (Å²) in [5.74, 6) is 1.04. The number of aliphatic carboxylic acids is 1. The Bertz CT molecular complexity index is 1040. The van der Waals surface area contributed by atoms with E-state index >= 15 is 0 Å². The maximum atomic E-state index is 13.5. The molecule has 2 N–H and O–H groups in total. The molecule has 3 atom stereocenters. The third kappa shape index (κ3) is 3.19. The van der Waals surface area contributed by atoms with E-state index in [4.69, 9.17) is 0 Å². The molecule has 4 bridgehead atoms. The Balaban J connectivity index is 1.22. The second-order valence-corrected chi connectivity index (χ2v) is 11.0. The fourth-order valence-corrected chi connectivity index (χ4v) is 7.57. The summed E-state index contributed by atoms with van der Waals surface area (Å²) in [7, 11) is 0. The van der Waals surface area contributed by atoms with E-state index < -0.39 is 5.97 Å². The molecule has 0 spiro atoms. The first-order valence-electron chi connectivity index (χ1n) is 12.1. The van der Waals surface area contributed by atoms with E-state index in [1.165, 1.54) is 34.9 Å². The number of rotatable bonds is 6. The molecule has 1 aromatic heterocycles. The summed E-state index contributed by atoms with van der Waals surface area (Å²) in [6.45, 7) is 2.19. The number of H-pyrrole nitrogens is 1. The molecule has 2 aromatic rings. The minimum atomic E-state index is -0.681. The lowest BCUT2D eigenvalue weighted by atomic mass is 9.54. The lowest BCUT2D eigenvalue weighted by molar-refractivity contribution is -0.163. The topological polar surface area (TPSA) is 73.4 Å². The molecule has 5 fully saturated rings. The number of carbonyl (C=O) groups excluding carboxylic acids is 1. The van der Waals surface area contributed by atoms with Crippen molar-refractivity contribution in [3.05, 3.63) is 35.5 Å². The highest BCUT2D eigenvalue weighted by atomic mass is 16.4. The van der Waals surface area contributed by atoms with Crippen molar-refractivity contribution in [2.75, 3.05) is 0 Å². The normalized spacial score (nSPS) is 32.5. The van der Waals surface area contributed by atoms with Crippen LogP contribution in [0.4, 0.5) is 0 Å². The van der Waals surface area contributed by atoms with Gasteiger partial charge in [-0.25, -0.2) is 0 Å². The van der Waals surface area contributed by atoms with E-state index in [0.717, 1.165) is 32.1 Å². The van der Waals surface area contributed by atoms with Gasteiger partial charge >= 0.3 is 5.97 Å². The summed E-state index contributed by atoms with van der Waals surface area (Å²) in [6.07, 6.45) is 10.4. The number of piperidine rings is 2. The fourth-order valence-electron chi connectivity index (χ4n) is 7.57. The van der Waals surface area contributed by atoms with Gasteiger partial charge in [-0.15, -0.1) is 0 Å². The van der Waals surface area contributed by atoms with Crippen LogP contribution in [-0.2, 0) is 9.59 Å². The number of hydrogen-bond acceptors (Lipinski definition) is 2. The van der Waals surface area contributed by atoms with Crippen LogP contribution in [0.3, 0.4) is 0 Å². The lowest BCUT2D eigenvalue weighted by Gasteiger charge is -2.61. The molecule has 7 rings (SSSR count). The van der Waals surface area contributed by atoms with Gasteiger partial charge in [-0.05, 0) is 85.3 Å². The van der Waals surface area contributed by atoms with Gasteiger partial charge in [0.1, 0.15) is 0 Å². The first kappa shape index (κ1) is 19.4.